The molecule has 1 aromatic rings. The van der Waals surface area contributed by atoms with E-state index in [2.05, 4.69) is 43.4 Å². The summed E-state index contributed by atoms with van der Waals surface area (Å²) < 4.78 is 0. The number of hydrogen-bond acceptors (Lipinski definition) is 1. The fourth-order valence-corrected chi connectivity index (χ4v) is 3.97. The Kier molecular flexibility index (Phi) is 4.85. The largest absolute Gasteiger partial charge is 0.343 e. The van der Waals surface area contributed by atoms with Crippen LogP contribution in [0.2, 0.25) is 0 Å². The van der Waals surface area contributed by atoms with Gasteiger partial charge in [-0.2, -0.15) is 0 Å². The Labute approximate surface area is 135 Å². The summed E-state index contributed by atoms with van der Waals surface area (Å²) >= 11 is 0. The molecule has 0 aromatic heterocycles. The number of aliphatic imine (C=N–C) groups is 1. The first-order valence-electron chi connectivity index (χ1n) is 9.09. The van der Waals surface area contributed by atoms with Crippen LogP contribution in [-0.2, 0) is 6.42 Å². The van der Waals surface area contributed by atoms with Gasteiger partial charge < -0.3 is 5.32 Å². The third kappa shape index (κ3) is 3.37. The number of para-hydroxylation sites is 1. The zero-order chi connectivity index (χ0) is 15.4. The molecule has 0 unspecified atom stereocenters. The van der Waals surface area contributed by atoms with E-state index in [0.29, 0.717) is 0 Å². The molecule has 1 aliphatic heterocycles. The van der Waals surface area contributed by atoms with Gasteiger partial charge in [-0.05, 0) is 43.2 Å². The molecule has 1 spiro atoms. The average molecular weight is 298 g/mol. The highest BCUT2D eigenvalue weighted by Crippen LogP contribution is 2.44. The number of nitrogens with zero attached hydrogens (tertiary/aromatic N) is 1. The molecule has 2 aliphatic rings. The average Bonchev–Trinajstić information content (AvgIpc) is 2.74. The lowest BCUT2D eigenvalue weighted by molar-refractivity contribution is 0.353. The van der Waals surface area contributed by atoms with Crippen molar-refractivity contribution >= 4 is 11.5 Å². The monoisotopic (exact) mass is 298 g/mol. The predicted molar refractivity (Wildman–Crippen MR) is 95.7 cm³/mol. The second kappa shape index (κ2) is 6.85. The molecular weight excluding hydrogens is 268 g/mol. The first kappa shape index (κ1) is 15.6. The van der Waals surface area contributed by atoms with Gasteiger partial charge in [0.1, 0.15) is 5.84 Å². The van der Waals surface area contributed by atoms with Crippen LogP contribution in [0.15, 0.2) is 29.3 Å². The maximum Gasteiger partial charge on any atom is 0.107 e. The minimum Gasteiger partial charge on any atom is -0.343 e. The van der Waals surface area contributed by atoms with Gasteiger partial charge in [0.05, 0.1) is 0 Å². The van der Waals surface area contributed by atoms with Crippen molar-refractivity contribution in [3.63, 3.8) is 0 Å². The minimum absolute atomic E-state index is 0.280. The van der Waals surface area contributed by atoms with Gasteiger partial charge in [-0.1, -0.05) is 57.7 Å². The van der Waals surface area contributed by atoms with Crippen LogP contribution in [0.1, 0.15) is 64.4 Å². The lowest BCUT2D eigenvalue weighted by atomic mass is 9.72. The predicted octanol–water partition coefficient (Wildman–Crippen LogP) is 5.44. The Bertz CT molecular complexity index is 522. The normalized spacial score (nSPS) is 22.4. The van der Waals surface area contributed by atoms with Crippen LogP contribution in [-0.4, -0.2) is 12.4 Å². The van der Waals surface area contributed by atoms with Gasteiger partial charge in [-0.3, -0.25) is 4.99 Å². The molecule has 1 aromatic carbocycles. The topological polar surface area (TPSA) is 24.4 Å². The van der Waals surface area contributed by atoms with Crippen molar-refractivity contribution in [1.29, 1.82) is 0 Å². The lowest BCUT2D eigenvalue weighted by Gasteiger charge is -2.39. The van der Waals surface area contributed by atoms with Crippen LogP contribution in [0, 0.1) is 11.3 Å². The van der Waals surface area contributed by atoms with Gasteiger partial charge in [0.15, 0.2) is 0 Å². The third-order valence-electron chi connectivity index (χ3n) is 5.34. The van der Waals surface area contributed by atoms with Crippen LogP contribution in [0.5, 0.6) is 0 Å². The fourth-order valence-electron chi connectivity index (χ4n) is 3.97. The smallest absolute Gasteiger partial charge is 0.107 e. The summed E-state index contributed by atoms with van der Waals surface area (Å²) in [6.45, 7) is 5.53. The van der Waals surface area contributed by atoms with Crippen LogP contribution in [0.4, 0.5) is 5.69 Å². The number of anilines is 1. The lowest BCUT2D eigenvalue weighted by Crippen LogP contribution is -2.42. The fraction of sp³-hybridized carbons (Fsp3) is 0.650. The van der Waals surface area contributed by atoms with Crippen molar-refractivity contribution in [2.24, 2.45) is 16.3 Å². The highest BCUT2D eigenvalue weighted by atomic mass is 15.0. The Balaban J connectivity index is 1.89. The Morgan fingerprint density at radius 3 is 2.55 bits per heavy atom. The van der Waals surface area contributed by atoms with Crippen molar-refractivity contribution in [1.82, 2.24) is 0 Å². The van der Waals surface area contributed by atoms with Crippen LogP contribution >= 0.6 is 0 Å². The highest BCUT2D eigenvalue weighted by molar-refractivity contribution is 6.02. The van der Waals surface area contributed by atoms with Crippen molar-refractivity contribution in [2.75, 3.05) is 11.9 Å². The zero-order valence-electron chi connectivity index (χ0n) is 14.2. The molecule has 0 bridgehead atoms. The summed E-state index contributed by atoms with van der Waals surface area (Å²) in [4.78, 5) is 5.05. The van der Waals surface area contributed by atoms with E-state index in [1.54, 1.807) is 0 Å². The third-order valence-corrected chi connectivity index (χ3v) is 5.34. The van der Waals surface area contributed by atoms with Gasteiger partial charge >= 0.3 is 0 Å². The number of nitrogens with one attached hydrogen (secondary N) is 1. The molecule has 1 heterocycles. The van der Waals surface area contributed by atoms with Gasteiger partial charge in [0, 0.05) is 17.6 Å². The molecular formula is C20H30N2. The van der Waals surface area contributed by atoms with E-state index in [0.717, 1.165) is 12.5 Å². The van der Waals surface area contributed by atoms with Crippen LogP contribution < -0.4 is 5.32 Å². The molecule has 0 amide bonds. The van der Waals surface area contributed by atoms with E-state index in [1.165, 1.54) is 68.5 Å². The maximum absolute atomic E-state index is 5.05. The van der Waals surface area contributed by atoms with E-state index in [9.17, 15) is 0 Å². The van der Waals surface area contributed by atoms with Gasteiger partial charge in [0.2, 0.25) is 0 Å². The molecule has 1 saturated carbocycles. The molecule has 120 valence electrons. The molecule has 3 rings (SSSR count). The molecule has 0 atom stereocenters. The molecule has 2 nitrogen and oxygen atoms in total. The number of fused-ring (bicyclic) bond motifs is 1. The standard InChI is InChI=1S/C20H30N2/c1-16(2)11-14-21-19-20(12-7-3-4-8-13-20)15-17-9-5-6-10-18(17)22-19/h5-6,9-10,16H,3-4,7-8,11-15H2,1-2H3,(H,21,22). The SMILES string of the molecule is CC(C)CCN=C1Nc2ccccc2CC12CCCCCC2. The second-order valence-corrected chi connectivity index (χ2v) is 7.57. The summed E-state index contributed by atoms with van der Waals surface area (Å²) in [5.41, 5.74) is 3.04. The van der Waals surface area contributed by atoms with Gasteiger partial charge in [0.25, 0.3) is 0 Å². The molecule has 22 heavy (non-hydrogen) atoms. The molecule has 0 radical (unpaired) electrons. The van der Waals surface area contributed by atoms with E-state index < -0.39 is 0 Å². The molecule has 1 aliphatic carbocycles. The van der Waals surface area contributed by atoms with Gasteiger partial charge in [-0.25, -0.2) is 0 Å². The molecule has 0 saturated heterocycles. The zero-order valence-corrected chi connectivity index (χ0v) is 14.2. The molecule has 1 fully saturated rings. The first-order chi connectivity index (χ1) is 10.7. The minimum atomic E-state index is 0.280. The van der Waals surface area contributed by atoms with E-state index in [4.69, 9.17) is 4.99 Å². The Morgan fingerprint density at radius 2 is 1.82 bits per heavy atom. The maximum atomic E-state index is 5.05. The molecule has 2 heteroatoms. The number of rotatable bonds is 3. The van der Waals surface area contributed by atoms with Crippen LogP contribution in [0.3, 0.4) is 0 Å². The second-order valence-electron chi connectivity index (χ2n) is 7.57. The summed E-state index contributed by atoms with van der Waals surface area (Å²) in [5.74, 6) is 2.01. The quantitative estimate of drug-likeness (QED) is 0.789. The Morgan fingerprint density at radius 1 is 1.09 bits per heavy atom. The van der Waals surface area contributed by atoms with Crippen LogP contribution in [0.25, 0.3) is 0 Å². The van der Waals surface area contributed by atoms with Crippen molar-refractivity contribution in [3.8, 4) is 0 Å². The highest BCUT2D eigenvalue weighted by Gasteiger charge is 2.40. The molecule has 1 N–H and O–H groups in total. The number of hydrogen-bond donors (Lipinski definition) is 1. The first-order valence-corrected chi connectivity index (χ1v) is 9.09. The van der Waals surface area contributed by atoms with Crippen molar-refractivity contribution in [2.45, 2.75) is 65.2 Å². The van der Waals surface area contributed by atoms with Gasteiger partial charge in [-0.15, -0.1) is 0 Å². The summed E-state index contributed by atoms with van der Waals surface area (Å²) in [7, 11) is 0. The van der Waals surface area contributed by atoms with E-state index >= 15 is 0 Å². The number of amidine groups is 1. The summed E-state index contributed by atoms with van der Waals surface area (Å²) in [5, 5.41) is 3.71. The number of benzene rings is 1. The summed E-state index contributed by atoms with van der Waals surface area (Å²) in [6, 6.07) is 8.80. The summed E-state index contributed by atoms with van der Waals surface area (Å²) in [6.07, 6.45) is 10.5. The van der Waals surface area contributed by atoms with Crippen molar-refractivity contribution < 1.29 is 0 Å². The van der Waals surface area contributed by atoms with E-state index in [1.807, 2.05) is 0 Å². The van der Waals surface area contributed by atoms with E-state index in [-0.39, 0.29) is 5.41 Å². The van der Waals surface area contributed by atoms with Crippen molar-refractivity contribution in [3.05, 3.63) is 29.8 Å². The Hall–Kier alpha value is -1.31.